The van der Waals surface area contributed by atoms with Crippen molar-refractivity contribution in [3.63, 3.8) is 0 Å². The molecule has 194 valence electrons. The van der Waals surface area contributed by atoms with Gasteiger partial charge < -0.3 is 20.1 Å². The van der Waals surface area contributed by atoms with Crippen LogP contribution in [0.1, 0.15) is 58.1 Å². The van der Waals surface area contributed by atoms with Crippen LogP contribution in [0.15, 0.2) is 30.3 Å². The van der Waals surface area contributed by atoms with Crippen LogP contribution in [0, 0.1) is 23.1 Å². The first-order valence-electron chi connectivity index (χ1n) is 13.0. The summed E-state index contributed by atoms with van der Waals surface area (Å²) in [4.78, 5) is 14.8. The molecule has 4 aliphatic rings. The number of aryl methyl sites for hydroxylation is 1. The topological polar surface area (TPSA) is 64.8 Å². The number of carbonyl (C=O) groups excluding carboxylic acids is 1. The van der Waals surface area contributed by atoms with E-state index in [1.165, 1.54) is 0 Å². The van der Waals surface area contributed by atoms with Crippen molar-refractivity contribution in [3.05, 3.63) is 52.3 Å². The highest BCUT2D eigenvalue weighted by atomic mass is 35.5. The average Bonchev–Trinajstić information content (AvgIpc) is 2.81. The largest absolute Gasteiger partial charge is 0.491 e. The van der Waals surface area contributed by atoms with Crippen LogP contribution >= 0.6 is 11.6 Å². The summed E-state index contributed by atoms with van der Waals surface area (Å²) in [6.07, 6.45) is 2.88. The number of fused-ring (bicyclic) bond motifs is 4. The molecular formula is C29H36ClFN2O3. The summed E-state index contributed by atoms with van der Waals surface area (Å²) in [6.45, 7) is 11.1. The molecule has 3 heterocycles. The second-order valence-corrected chi connectivity index (χ2v) is 12.0. The van der Waals surface area contributed by atoms with Crippen LogP contribution in [-0.4, -0.2) is 36.7 Å². The number of amides is 1. The number of halogens is 2. The van der Waals surface area contributed by atoms with Crippen LogP contribution in [0.5, 0.6) is 5.75 Å². The lowest BCUT2D eigenvalue weighted by atomic mass is 9.53. The summed E-state index contributed by atoms with van der Waals surface area (Å²) in [6, 6.07) is 8.83. The molecule has 7 heteroatoms. The number of primary amides is 1. The number of nitrogens with two attached hydrogens (primary N) is 1. The molecule has 0 radical (unpaired) electrons. The van der Waals surface area contributed by atoms with Crippen LogP contribution in [-0.2, 0) is 16.8 Å². The van der Waals surface area contributed by atoms with E-state index in [1.54, 1.807) is 18.2 Å². The van der Waals surface area contributed by atoms with Crippen LogP contribution in [0.2, 0.25) is 5.02 Å². The van der Waals surface area contributed by atoms with Crippen molar-refractivity contribution in [3.8, 4) is 16.9 Å². The molecule has 6 rings (SSSR count). The van der Waals surface area contributed by atoms with Gasteiger partial charge in [0.1, 0.15) is 17.2 Å². The maximum Gasteiger partial charge on any atom is 0.405 e. The summed E-state index contributed by atoms with van der Waals surface area (Å²) in [5, 5.41) is 0.431. The Morgan fingerprint density at radius 1 is 1.17 bits per heavy atom. The lowest BCUT2D eigenvalue weighted by Crippen LogP contribution is -2.62. The summed E-state index contributed by atoms with van der Waals surface area (Å²) < 4.78 is 27.9. The normalized spacial score (nSPS) is 28.6. The second kappa shape index (κ2) is 9.21. The minimum atomic E-state index is -0.992. The van der Waals surface area contributed by atoms with Gasteiger partial charge in [0, 0.05) is 34.6 Å². The van der Waals surface area contributed by atoms with Gasteiger partial charge in [0.2, 0.25) is 0 Å². The predicted molar refractivity (Wildman–Crippen MR) is 140 cm³/mol. The summed E-state index contributed by atoms with van der Waals surface area (Å²) in [5.74, 6) is 0.729. The van der Waals surface area contributed by atoms with Crippen LogP contribution in [0.3, 0.4) is 0 Å². The zero-order valence-electron chi connectivity index (χ0n) is 21.6. The standard InChI is InChI=1S/C29H36ClFN2O3/c1-17(2)35-20-5-6-21(25(30)14-20)22-13-19-7-10-28(3,4)29(36-27(32)34,23(19)15-26(22)31)24-16-33-11-8-18(24)9-12-33/h5-6,13-15,17-18,24H,7-12,16H2,1-4H3,(H2,32,34)/t24-,29-/m1/s1. The van der Waals surface area contributed by atoms with Crippen molar-refractivity contribution in [2.45, 2.75) is 65.1 Å². The Kier molecular flexibility index (Phi) is 6.49. The molecule has 36 heavy (non-hydrogen) atoms. The molecule has 2 aromatic rings. The van der Waals surface area contributed by atoms with Crippen molar-refractivity contribution < 1.29 is 18.7 Å². The Hall–Kier alpha value is -2.31. The molecule has 2 aromatic carbocycles. The molecule has 0 spiro atoms. The van der Waals surface area contributed by atoms with E-state index in [0.29, 0.717) is 27.8 Å². The molecule has 2 atom stereocenters. The van der Waals surface area contributed by atoms with Gasteiger partial charge in [-0.15, -0.1) is 0 Å². The number of nitrogens with zero attached hydrogens (tertiary/aromatic N) is 1. The maximum atomic E-state index is 16.0. The van der Waals surface area contributed by atoms with Crippen molar-refractivity contribution in [1.29, 1.82) is 0 Å². The molecule has 1 aliphatic carbocycles. The number of piperidine rings is 3. The number of hydrogen-bond acceptors (Lipinski definition) is 4. The fourth-order valence-corrected chi connectivity index (χ4v) is 7.26. The predicted octanol–water partition coefficient (Wildman–Crippen LogP) is 6.54. The van der Waals surface area contributed by atoms with E-state index in [2.05, 4.69) is 18.7 Å². The Morgan fingerprint density at radius 3 is 2.47 bits per heavy atom. The van der Waals surface area contributed by atoms with E-state index in [9.17, 15) is 4.79 Å². The molecule has 2 N–H and O–H groups in total. The van der Waals surface area contributed by atoms with Gasteiger partial charge in [-0.3, -0.25) is 0 Å². The first-order valence-corrected chi connectivity index (χ1v) is 13.4. The SMILES string of the molecule is CC(C)Oc1ccc(-c2cc3c(cc2F)[C@@](OC(N)=O)([C@@H]2CN4CCC2CC4)C(C)(C)CC3)c(Cl)c1. The fraction of sp³-hybridized carbons (Fsp3) is 0.552. The molecule has 5 nitrogen and oxygen atoms in total. The van der Waals surface area contributed by atoms with Crippen molar-refractivity contribution in [2.24, 2.45) is 23.0 Å². The highest BCUT2D eigenvalue weighted by Gasteiger charge is 2.61. The zero-order valence-corrected chi connectivity index (χ0v) is 22.3. The monoisotopic (exact) mass is 514 g/mol. The lowest BCUT2D eigenvalue weighted by molar-refractivity contribution is -0.173. The molecule has 0 unspecified atom stereocenters. The van der Waals surface area contributed by atoms with Gasteiger partial charge in [-0.2, -0.15) is 0 Å². The molecule has 3 fully saturated rings. The third-order valence-corrected chi connectivity index (χ3v) is 8.97. The van der Waals surface area contributed by atoms with Gasteiger partial charge in [0.05, 0.1) is 11.1 Å². The Labute approximate surface area is 218 Å². The smallest absolute Gasteiger partial charge is 0.405 e. The summed E-state index contributed by atoms with van der Waals surface area (Å²) >= 11 is 6.60. The fourth-order valence-electron chi connectivity index (χ4n) is 6.99. The molecule has 0 aromatic heterocycles. The Bertz CT molecular complexity index is 1180. The highest BCUT2D eigenvalue weighted by Crippen LogP contribution is 2.59. The first kappa shape index (κ1) is 25.3. The third-order valence-electron chi connectivity index (χ3n) is 8.66. The van der Waals surface area contributed by atoms with Gasteiger partial charge in [0.15, 0.2) is 0 Å². The third kappa shape index (κ3) is 4.16. The van der Waals surface area contributed by atoms with Crippen LogP contribution in [0.4, 0.5) is 9.18 Å². The molecule has 0 saturated carbocycles. The Balaban J connectivity index is 1.64. The lowest BCUT2D eigenvalue weighted by Gasteiger charge is -2.59. The number of carbonyl (C=O) groups is 1. The van der Waals surface area contributed by atoms with Crippen molar-refractivity contribution in [1.82, 2.24) is 4.90 Å². The minimum absolute atomic E-state index is 0.0144. The van der Waals surface area contributed by atoms with Gasteiger partial charge in [-0.1, -0.05) is 25.4 Å². The van der Waals surface area contributed by atoms with Gasteiger partial charge in [-0.05, 0) is 94.4 Å². The van der Waals surface area contributed by atoms with Gasteiger partial charge in [-0.25, -0.2) is 9.18 Å². The van der Waals surface area contributed by atoms with Crippen molar-refractivity contribution in [2.75, 3.05) is 19.6 Å². The molecule has 3 saturated heterocycles. The zero-order chi connectivity index (χ0) is 25.8. The summed E-state index contributed by atoms with van der Waals surface area (Å²) in [7, 11) is 0. The number of benzene rings is 2. The minimum Gasteiger partial charge on any atom is -0.491 e. The highest BCUT2D eigenvalue weighted by molar-refractivity contribution is 6.33. The van der Waals surface area contributed by atoms with E-state index in [4.69, 9.17) is 26.8 Å². The molecule has 2 bridgehead atoms. The molecular weight excluding hydrogens is 479 g/mol. The first-order chi connectivity index (χ1) is 17.0. The Morgan fingerprint density at radius 2 is 1.89 bits per heavy atom. The number of hydrogen-bond donors (Lipinski definition) is 1. The average molecular weight is 515 g/mol. The quantitative estimate of drug-likeness (QED) is 0.492. The van der Waals surface area contributed by atoms with E-state index in [-0.39, 0.29) is 17.8 Å². The summed E-state index contributed by atoms with van der Waals surface area (Å²) in [5.41, 5.74) is 7.13. The van der Waals surface area contributed by atoms with E-state index >= 15 is 4.39 Å². The van der Waals surface area contributed by atoms with E-state index in [1.807, 2.05) is 26.0 Å². The van der Waals surface area contributed by atoms with Gasteiger partial charge in [0.25, 0.3) is 0 Å². The number of ether oxygens (including phenoxy) is 2. The van der Waals surface area contributed by atoms with Crippen LogP contribution in [0.25, 0.3) is 11.1 Å². The van der Waals surface area contributed by atoms with Gasteiger partial charge >= 0.3 is 6.09 Å². The molecule has 1 amide bonds. The van der Waals surface area contributed by atoms with Crippen molar-refractivity contribution >= 4 is 17.7 Å². The van der Waals surface area contributed by atoms with Crippen LogP contribution < -0.4 is 10.5 Å². The second-order valence-electron chi connectivity index (χ2n) is 11.6. The maximum absolute atomic E-state index is 16.0. The molecule has 3 aliphatic heterocycles. The van der Waals surface area contributed by atoms with E-state index in [0.717, 1.165) is 56.4 Å². The number of rotatable bonds is 5. The van der Waals surface area contributed by atoms with E-state index < -0.39 is 17.1 Å².